The molecule has 0 spiro atoms. The molecule has 0 saturated heterocycles. The lowest BCUT2D eigenvalue weighted by Gasteiger charge is -2.42. The van der Waals surface area contributed by atoms with E-state index < -0.39 is 0 Å². The fourth-order valence-corrected chi connectivity index (χ4v) is 10.3. The first-order valence-electron chi connectivity index (χ1n) is 22.8. The standard InChI is InChI=1S/C61H48N4/c1-60(2)31-32-61(3,4)54-38-55-52(37-53(54)60)51-30-27-42-20-13-14-22-50(42)56(51)65(55)49-28-25-43(26-29-49)57-62-58(45-24-23-41-19-11-12-21-44(41)33-45)64-59(63-57)48-35-46(39-15-7-5-8-16-39)34-47(36-48)40-17-9-6-10-18-40/h5-30,33-38H,31-32H2,1-4H3. The van der Waals surface area contributed by atoms with Crippen molar-refractivity contribution >= 4 is 43.4 Å². The molecule has 12 rings (SSSR count). The maximum Gasteiger partial charge on any atom is 0.164 e. The van der Waals surface area contributed by atoms with Crippen molar-refractivity contribution in [3.8, 4) is 62.1 Å². The Labute approximate surface area is 379 Å². The van der Waals surface area contributed by atoms with Crippen LogP contribution in [0.5, 0.6) is 0 Å². The van der Waals surface area contributed by atoms with Crippen molar-refractivity contribution in [3.63, 3.8) is 0 Å². The molecule has 0 amide bonds. The molecule has 2 aromatic heterocycles. The van der Waals surface area contributed by atoms with Crippen LogP contribution >= 0.6 is 0 Å². The van der Waals surface area contributed by atoms with Gasteiger partial charge in [-0.2, -0.15) is 0 Å². The van der Waals surface area contributed by atoms with Gasteiger partial charge in [-0.3, -0.25) is 0 Å². The van der Waals surface area contributed by atoms with Crippen LogP contribution in [0.15, 0.2) is 194 Å². The molecule has 1 aliphatic carbocycles. The summed E-state index contributed by atoms with van der Waals surface area (Å²) in [5.41, 5.74) is 14.0. The fourth-order valence-electron chi connectivity index (χ4n) is 10.3. The molecule has 11 aromatic rings. The molecule has 312 valence electrons. The highest BCUT2D eigenvalue weighted by molar-refractivity contribution is 6.19. The molecule has 2 heterocycles. The zero-order chi connectivity index (χ0) is 43.9. The van der Waals surface area contributed by atoms with Crippen LogP contribution in [0, 0.1) is 0 Å². The molecular formula is C61H48N4. The Morgan fingerprint density at radius 3 is 1.52 bits per heavy atom. The first-order chi connectivity index (χ1) is 31.7. The maximum absolute atomic E-state index is 5.31. The van der Waals surface area contributed by atoms with E-state index in [9.17, 15) is 0 Å². The summed E-state index contributed by atoms with van der Waals surface area (Å²) in [6.45, 7) is 9.67. The lowest BCUT2D eigenvalue weighted by atomic mass is 9.63. The van der Waals surface area contributed by atoms with E-state index in [1.54, 1.807) is 0 Å². The van der Waals surface area contributed by atoms with Crippen molar-refractivity contribution in [1.82, 2.24) is 19.5 Å². The summed E-state index contributed by atoms with van der Waals surface area (Å²) in [5.74, 6) is 1.89. The van der Waals surface area contributed by atoms with E-state index in [-0.39, 0.29) is 10.8 Å². The largest absolute Gasteiger partial charge is 0.309 e. The van der Waals surface area contributed by atoms with Crippen LogP contribution in [0.4, 0.5) is 0 Å². The van der Waals surface area contributed by atoms with Crippen molar-refractivity contribution in [2.24, 2.45) is 0 Å². The van der Waals surface area contributed by atoms with Gasteiger partial charge < -0.3 is 4.57 Å². The fraction of sp³-hybridized carbons (Fsp3) is 0.131. The van der Waals surface area contributed by atoms with E-state index >= 15 is 0 Å². The zero-order valence-corrected chi connectivity index (χ0v) is 37.2. The summed E-state index contributed by atoms with van der Waals surface area (Å²) >= 11 is 0. The van der Waals surface area contributed by atoms with Crippen molar-refractivity contribution in [2.45, 2.75) is 51.4 Å². The minimum absolute atomic E-state index is 0.0772. The monoisotopic (exact) mass is 836 g/mol. The van der Waals surface area contributed by atoms with Gasteiger partial charge in [0.25, 0.3) is 0 Å². The van der Waals surface area contributed by atoms with Crippen molar-refractivity contribution < 1.29 is 0 Å². The highest BCUT2D eigenvalue weighted by atomic mass is 15.0. The molecule has 4 heteroatoms. The van der Waals surface area contributed by atoms with Gasteiger partial charge >= 0.3 is 0 Å². The molecule has 0 unspecified atom stereocenters. The average molecular weight is 837 g/mol. The summed E-state index contributed by atoms with van der Waals surface area (Å²) in [4.78, 5) is 15.8. The maximum atomic E-state index is 5.31. The molecule has 0 radical (unpaired) electrons. The number of nitrogens with zero attached hydrogens (tertiary/aromatic N) is 4. The molecule has 1 aliphatic rings. The zero-order valence-electron chi connectivity index (χ0n) is 37.2. The summed E-state index contributed by atoms with van der Waals surface area (Å²) in [6.07, 6.45) is 2.34. The normalized spacial score (nSPS) is 14.3. The molecular weight excluding hydrogens is 789 g/mol. The average Bonchev–Trinajstić information content (AvgIpc) is 3.69. The van der Waals surface area contributed by atoms with Crippen LogP contribution in [0.2, 0.25) is 0 Å². The van der Waals surface area contributed by atoms with Gasteiger partial charge in [-0.1, -0.05) is 161 Å². The minimum Gasteiger partial charge on any atom is -0.309 e. The number of hydrogen-bond donors (Lipinski definition) is 0. The van der Waals surface area contributed by atoms with Gasteiger partial charge in [0.2, 0.25) is 0 Å². The molecule has 0 atom stereocenters. The van der Waals surface area contributed by atoms with Crippen LogP contribution in [0.1, 0.15) is 51.7 Å². The Balaban J connectivity index is 1.06. The van der Waals surface area contributed by atoms with Gasteiger partial charge in [0, 0.05) is 38.5 Å². The van der Waals surface area contributed by atoms with Gasteiger partial charge in [-0.25, -0.2) is 15.0 Å². The van der Waals surface area contributed by atoms with E-state index in [1.165, 1.54) is 55.5 Å². The van der Waals surface area contributed by atoms with Gasteiger partial charge in [0.15, 0.2) is 17.5 Å². The lowest BCUT2D eigenvalue weighted by Crippen LogP contribution is -2.33. The van der Waals surface area contributed by atoms with Crippen LogP contribution in [0.3, 0.4) is 0 Å². The quantitative estimate of drug-likeness (QED) is 0.168. The second-order valence-electron chi connectivity index (χ2n) is 19.1. The molecule has 0 bridgehead atoms. The predicted molar refractivity (Wildman–Crippen MR) is 272 cm³/mol. The molecule has 0 aliphatic heterocycles. The van der Waals surface area contributed by atoms with Gasteiger partial charge in [-0.15, -0.1) is 0 Å². The molecule has 4 nitrogen and oxygen atoms in total. The molecule has 0 N–H and O–H groups in total. The first-order valence-corrected chi connectivity index (χ1v) is 22.8. The number of fused-ring (bicyclic) bond motifs is 7. The lowest BCUT2D eigenvalue weighted by molar-refractivity contribution is 0.332. The topological polar surface area (TPSA) is 43.6 Å². The van der Waals surface area contributed by atoms with Gasteiger partial charge in [-0.05, 0) is 134 Å². The number of hydrogen-bond acceptors (Lipinski definition) is 3. The van der Waals surface area contributed by atoms with E-state index in [0.29, 0.717) is 17.5 Å². The van der Waals surface area contributed by atoms with Crippen molar-refractivity contribution in [2.75, 3.05) is 0 Å². The Morgan fingerprint density at radius 1 is 0.354 bits per heavy atom. The number of aromatic nitrogens is 4. The summed E-state index contributed by atoms with van der Waals surface area (Å²) in [6, 6.07) is 70.0. The van der Waals surface area contributed by atoms with E-state index in [0.717, 1.165) is 56.4 Å². The molecule has 65 heavy (non-hydrogen) atoms. The second-order valence-corrected chi connectivity index (χ2v) is 19.1. The van der Waals surface area contributed by atoms with E-state index in [4.69, 9.17) is 15.0 Å². The van der Waals surface area contributed by atoms with Crippen LogP contribution in [-0.4, -0.2) is 19.5 Å². The summed E-state index contributed by atoms with van der Waals surface area (Å²) in [5, 5.41) is 7.37. The Bertz CT molecular complexity index is 3580. The first kappa shape index (κ1) is 38.9. The Kier molecular flexibility index (Phi) is 8.96. The third-order valence-corrected chi connectivity index (χ3v) is 14.1. The van der Waals surface area contributed by atoms with Crippen LogP contribution in [0.25, 0.3) is 105 Å². The third-order valence-electron chi connectivity index (χ3n) is 14.1. The molecule has 0 fully saturated rings. The van der Waals surface area contributed by atoms with Crippen molar-refractivity contribution in [1.29, 1.82) is 0 Å². The second kappa shape index (κ2) is 15.0. The molecule has 9 aromatic carbocycles. The SMILES string of the molecule is CC1(C)CCC(C)(C)c2cc3c(cc21)c1ccc2ccccc2c1n3-c1ccc(-c2nc(-c3cc(-c4ccccc4)cc(-c4ccccc4)c3)nc(-c3ccc4ccccc4c3)n2)cc1. The smallest absolute Gasteiger partial charge is 0.164 e. The highest BCUT2D eigenvalue weighted by Gasteiger charge is 2.38. The Hall–Kier alpha value is -7.69. The van der Waals surface area contributed by atoms with Crippen molar-refractivity contribution in [3.05, 3.63) is 205 Å². The molecule has 0 saturated carbocycles. The minimum atomic E-state index is 0.0772. The summed E-state index contributed by atoms with van der Waals surface area (Å²) < 4.78 is 2.49. The third kappa shape index (κ3) is 6.71. The summed E-state index contributed by atoms with van der Waals surface area (Å²) in [7, 11) is 0. The number of rotatable bonds is 6. The highest BCUT2D eigenvalue weighted by Crippen LogP contribution is 2.49. The predicted octanol–water partition coefficient (Wildman–Crippen LogP) is 16.0. The van der Waals surface area contributed by atoms with Crippen LogP contribution < -0.4 is 0 Å². The van der Waals surface area contributed by atoms with Gasteiger partial charge in [0.1, 0.15) is 0 Å². The van der Waals surface area contributed by atoms with Gasteiger partial charge in [0.05, 0.1) is 11.0 Å². The number of benzene rings is 9. The van der Waals surface area contributed by atoms with Crippen LogP contribution in [-0.2, 0) is 10.8 Å². The van der Waals surface area contributed by atoms with E-state index in [1.807, 2.05) is 0 Å². The Morgan fingerprint density at radius 2 is 0.862 bits per heavy atom. The van der Waals surface area contributed by atoms with E-state index in [2.05, 4.69) is 226 Å².